The minimum Gasteiger partial charge on any atom is -0.457 e. The number of ether oxygens (including phenoxy) is 1. The number of rotatable bonds is 5. The van der Waals surface area contributed by atoms with Crippen LogP contribution in [0.5, 0.6) is 11.5 Å². The van der Waals surface area contributed by atoms with Gasteiger partial charge in [0.25, 0.3) is 5.69 Å². The third-order valence-electron chi connectivity index (χ3n) is 2.79. The first-order valence-corrected chi connectivity index (χ1v) is 5.90. The van der Waals surface area contributed by atoms with Crippen LogP contribution in [-0.2, 0) is 13.2 Å². The Hall–Kier alpha value is -2.44. The maximum atomic E-state index is 10.7. The third kappa shape index (κ3) is 2.93. The lowest BCUT2D eigenvalue weighted by Gasteiger charge is -2.12. The summed E-state index contributed by atoms with van der Waals surface area (Å²) >= 11 is 0. The van der Waals surface area contributed by atoms with Crippen LogP contribution in [0.3, 0.4) is 0 Å². The number of nitro groups is 1. The lowest BCUT2D eigenvalue weighted by molar-refractivity contribution is -0.385. The van der Waals surface area contributed by atoms with E-state index in [0.717, 1.165) is 0 Å². The fourth-order valence-electron chi connectivity index (χ4n) is 1.76. The van der Waals surface area contributed by atoms with E-state index >= 15 is 0 Å². The molecule has 0 fully saturated rings. The number of para-hydroxylation sites is 1. The van der Waals surface area contributed by atoms with Gasteiger partial charge in [-0.05, 0) is 12.1 Å². The van der Waals surface area contributed by atoms with Crippen molar-refractivity contribution in [2.45, 2.75) is 13.2 Å². The highest BCUT2D eigenvalue weighted by Crippen LogP contribution is 2.30. The molecule has 0 saturated heterocycles. The molecule has 0 saturated carbocycles. The van der Waals surface area contributed by atoms with Crippen LogP contribution >= 0.6 is 0 Å². The molecule has 0 unspecified atom stereocenters. The normalized spacial score (nSPS) is 10.3. The summed E-state index contributed by atoms with van der Waals surface area (Å²) in [6.45, 7) is -0.560. The molecule has 0 aliphatic rings. The van der Waals surface area contributed by atoms with Crippen molar-refractivity contribution in [3.05, 3.63) is 63.7 Å². The van der Waals surface area contributed by atoms with E-state index < -0.39 is 4.92 Å². The summed E-state index contributed by atoms with van der Waals surface area (Å²) in [6.07, 6.45) is 0. The number of aliphatic hydroxyl groups is 2. The second-order valence-corrected chi connectivity index (χ2v) is 4.08. The molecule has 0 amide bonds. The quantitative estimate of drug-likeness (QED) is 0.645. The van der Waals surface area contributed by atoms with Crippen LogP contribution in [-0.4, -0.2) is 15.1 Å². The topological polar surface area (TPSA) is 92.8 Å². The molecule has 0 aromatic heterocycles. The van der Waals surface area contributed by atoms with Crippen molar-refractivity contribution in [1.29, 1.82) is 0 Å². The van der Waals surface area contributed by atoms with Crippen LogP contribution < -0.4 is 4.74 Å². The fraction of sp³-hybridized carbons (Fsp3) is 0.143. The number of non-ortho nitro benzene ring substituents is 1. The zero-order valence-corrected chi connectivity index (χ0v) is 10.5. The molecule has 0 radical (unpaired) electrons. The monoisotopic (exact) mass is 275 g/mol. The van der Waals surface area contributed by atoms with Gasteiger partial charge >= 0.3 is 0 Å². The van der Waals surface area contributed by atoms with Crippen molar-refractivity contribution in [2.75, 3.05) is 0 Å². The largest absolute Gasteiger partial charge is 0.457 e. The maximum absolute atomic E-state index is 10.7. The molecule has 20 heavy (non-hydrogen) atoms. The van der Waals surface area contributed by atoms with Gasteiger partial charge < -0.3 is 14.9 Å². The van der Waals surface area contributed by atoms with Crippen molar-refractivity contribution >= 4 is 5.69 Å². The van der Waals surface area contributed by atoms with E-state index in [1.54, 1.807) is 24.3 Å². The molecule has 0 spiro atoms. The molecular formula is C14H13NO5. The first-order valence-electron chi connectivity index (χ1n) is 5.90. The molecule has 0 heterocycles. The van der Waals surface area contributed by atoms with Gasteiger partial charge in [-0.3, -0.25) is 10.1 Å². The Bertz CT molecular complexity index is 627. The molecule has 0 atom stereocenters. The Morgan fingerprint density at radius 2 is 1.65 bits per heavy atom. The van der Waals surface area contributed by atoms with Crippen molar-refractivity contribution in [3.8, 4) is 11.5 Å². The molecule has 0 aliphatic heterocycles. The van der Waals surface area contributed by atoms with E-state index in [0.29, 0.717) is 22.6 Å². The summed E-state index contributed by atoms with van der Waals surface area (Å²) in [5.41, 5.74) is 0.790. The number of hydrogen-bond acceptors (Lipinski definition) is 5. The van der Waals surface area contributed by atoms with Crippen LogP contribution in [0.2, 0.25) is 0 Å². The average molecular weight is 275 g/mol. The summed E-state index contributed by atoms with van der Waals surface area (Å²) in [7, 11) is 0. The van der Waals surface area contributed by atoms with E-state index in [1.165, 1.54) is 18.2 Å². The van der Waals surface area contributed by atoms with Gasteiger partial charge in [0.1, 0.15) is 11.5 Å². The van der Waals surface area contributed by atoms with E-state index in [2.05, 4.69) is 0 Å². The molecule has 2 aromatic rings. The van der Waals surface area contributed by atoms with E-state index in [-0.39, 0.29) is 18.9 Å². The lowest BCUT2D eigenvalue weighted by Crippen LogP contribution is -1.97. The number of nitrogens with zero attached hydrogens (tertiary/aromatic N) is 1. The Morgan fingerprint density at radius 3 is 2.30 bits per heavy atom. The molecule has 2 rings (SSSR count). The van der Waals surface area contributed by atoms with Crippen LogP contribution in [0.4, 0.5) is 5.69 Å². The van der Waals surface area contributed by atoms with Crippen LogP contribution in [0.25, 0.3) is 0 Å². The Kier molecular flexibility index (Phi) is 4.29. The minimum absolute atomic E-state index is 0.114. The molecular weight excluding hydrogens is 262 g/mol. The summed E-state index contributed by atoms with van der Waals surface area (Å²) in [6, 6.07) is 10.9. The highest BCUT2D eigenvalue weighted by atomic mass is 16.6. The Balaban J connectivity index is 2.36. The molecule has 6 heteroatoms. The number of aliphatic hydroxyl groups excluding tert-OH is 2. The SMILES string of the molecule is O=[N+]([O-])c1ccc(Oc2ccccc2CO)c(CO)c1. The van der Waals surface area contributed by atoms with E-state index in [1.807, 2.05) is 0 Å². The summed E-state index contributed by atoms with van der Waals surface area (Å²) < 4.78 is 5.61. The first kappa shape index (κ1) is 14.0. The van der Waals surface area contributed by atoms with Gasteiger partial charge in [0.2, 0.25) is 0 Å². The minimum atomic E-state index is -0.537. The average Bonchev–Trinajstić information content (AvgIpc) is 2.48. The van der Waals surface area contributed by atoms with Gasteiger partial charge in [-0.1, -0.05) is 18.2 Å². The smallest absolute Gasteiger partial charge is 0.270 e. The molecule has 2 N–H and O–H groups in total. The van der Waals surface area contributed by atoms with Crippen molar-refractivity contribution in [3.63, 3.8) is 0 Å². The fourth-order valence-corrected chi connectivity index (χ4v) is 1.76. The van der Waals surface area contributed by atoms with Crippen molar-refractivity contribution < 1.29 is 19.9 Å². The zero-order chi connectivity index (χ0) is 14.5. The van der Waals surface area contributed by atoms with Gasteiger partial charge in [-0.15, -0.1) is 0 Å². The van der Waals surface area contributed by atoms with Gasteiger partial charge in [-0.25, -0.2) is 0 Å². The van der Waals surface area contributed by atoms with Crippen molar-refractivity contribution in [1.82, 2.24) is 0 Å². The summed E-state index contributed by atoms with van der Waals surface area (Å²) in [4.78, 5) is 10.2. The van der Waals surface area contributed by atoms with Gasteiger partial charge in [0.15, 0.2) is 0 Å². The van der Waals surface area contributed by atoms with E-state index in [9.17, 15) is 20.3 Å². The second kappa shape index (κ2) is 6.14. The molecule has 6 nitrogen and oxygen atoms in total. The predicted molar refractivity (Wildman–Crippen MR) is 71.5 cm³/mol. The summed E-state index contributed by atoms with van der Waals surface area (Å²) in [5.74, 6) is 0.762. The van der Waals surface area contributed by atoms with Gasteiger partial charge in [-0.2, -0.15) is 0 Å². The Labute approximate surface area is 115 Å². The lowest BCUT2D eigenvalue weighted by atomic mass is 10.1. The van der Waals surface area contributed by atoms with Crippen LogP contribution in [0, 0.1) is 10.1 Å². The molecule has 104 valence electrons. The maximum Gasteiger partial charge on any atom is 0.270 e. The summed E-state index contributed by atoms with van der Waals surface area (Å²) in [5, 5.41) is 29.2. The van der Waals surface area contributed by atoms with Gasteiger partial charge in [0.05, 0.1) is 18.1 Å². The highest BCUT2D eigenvalue weighted by molar-refractivity contribution is 5.46. The number of benzene rings is 2. The second-order valence-electron chi connectivity index (χ2n) is 4.08. The Morgan fingerprint density at radius 1 is 1.00 bits per heavy atom. The predicted octanol–water partition coefficient (Wildman–Crippen LogP) is 2.37. The standard InChI is InChI=1S/C14H13NO5/c16-8-10-3-1-2-4-13(10)20-14-6-5-12(15(18)19)7-11(14)9-17/h1-7,16-17H,8-9H2. The number of hydrogen-bond donors (Lipinski definition) is 2. The van der Waals surface area contributed by atoms with Crippen LogP contribution in [0.1, 0.15) is 11.1 Å². The number of nitro benzene ring substituents is 1. The van der Waals surface area contributed by atoms with Gasteiger partial charge in [0, 0.05) is 23.3 Å². The van der Waals surface area contributed by atoms with Crippen molar-refractivity contribution in [2.24, 2.45) is 0 Å². The van der Waals surface area contributed by atoms with E-state index in [4.69, 9.17) is 4.74 Å². The van der Waals surface area contributed by atoms with Crippen LogP contribution in [0.15, 0.2) is 42.5 Å². The molecule has 0 aliphatic carbocycles. The molecule has 0 bridgehead atoms. The highest BCUT2D eigenvalue weighted by Gasteiger charge is 2.13. The first-order chi connectivity index (χ1) is 9.65. The third-order valence-corrected chi connectivity index (χ3v) is 2.79. The molecule has 2 aromatic carbocycles. The zero-order valence-electron chi connectivity index (χ0n) is 10.5.